The Kier molecular flexibility index (Phi) is 2.65. The molecule has 3 nitrogen and oxygen atoms in total. The number of hydrogen-bond acceptors (Lipinski definition) is 3. The quantitative estimate of drug-likeness (QED) is 0.528. The first kappa shape index (κ1) is 9.43. The number of benzene rings is 1. The molecule has 0 fully saturated rings. The average Bonchev–Trinajstić information content (AvgIpc) is 2.39. The molecule has 1 unspecified atom stereocenters. The highest BCUT2D eigenvalue weighted by Gasteiger charge is 2.18. The SMILES string of the molecule is NNC1CCCOc2ccc(F)cc21. The van der Waals surface area contributed by atoms with E-state index in [4.69, 9.17) is 10.6 Å². The van der Waals surface area contributed by atoms with Crippen molar-refractivity contribution in [1.82, 2.24) is 5.43 Å². The average molecular weight is 196 g/mol. The second kappa shape index (κ2) is 3.94. The van der Waals surface area contributed by atoms with Gasteiger partial charge >= 0.3 is 0 Å². The summed E-state index contributed by atoms with van der Waals surface area (Å²) in [5.74, 6) is 5.88. The molecule has 1 heterocycles. The molecule has 1 aromatic carbocycles. The Morgan fingerprint density at radius 2 is 2.36 bits per heavy atom. The van der Waals surface area contributed by atoms with E-state index in [1.54, 1.807) is 6.07 Å². The number of hydrogen-bond donors (Lipinski definition) is 2. The highest BCUT2D eigenvalue weighted by Crippen LogP contribution is 2.31. The van der Waals surface area contributed by atoms with Gasteiger partial charge in [0.2, 0.25) is 0 Å². The van der Waals surface area contributed by atoms with Crippen LogP contribution in [0.2, 0.25) is 0 Å². The van der Waals surface area contributed by atoms with Crippen LogP contribution in [-0.4, -0.2) is 6.61 Å². The molecule has 0 aliphatic carbocycles. The molecule has 0 spiro atoms. The Balaban J connectivity index is 2.40. The Morgan fingerprint density at radius 3 is 3.14 bits per heavy atom. The summed E-state index contributed by atoms with van der Waals surface area (Å²) >= 11 is 0. The zero-order chi connectivity index (χ0) is 9.97. The van der Waals surface area contributed by atoms with Gasteiger partial charge in [-0.15, -0.1) is 0 Å². The molecule has 0 radical (unpaired) electrons. The standard InChI is InChI=1S/C10H13FN2O/c11-7-3-4-10-8(6-7)9(13-12)2-1-5-14-10/h3-4,6,9,13H,1-2,5,12H2. The van der Waals surface area contributed by atoms with Gasteiger partial charge in [0.05, 0.1) is 6.61 Å². The minimum atomic E-state index is -0.255. The van der Waals surface area contributed by atoms with Gasteiger partial charge in [-0.2, -0.15) is 0 Å². The second-order valence-electron chi connectivity index (χ2n) is 3.39. The van der Waals surface area contributed by atoms with E-state index in [-0.39, 0.29) is 11.9 Å². The maximum atomic E-state index is 13.0. The van der Waals surface area contributed by atoms with Crippen molar-refractivity contribution >= 4 is 0 Å². The molecule has 1 aliphatic heterocycles. The summed E-state index contributed by atoms with van der Waals surface area (Å²) in [6, 6.07) is 4.52. The van der Waals surface area contributed by atoms with Crippen molar-refractivity contribution in [2.45, 2.75) is 18.9 Å². The lowest BCUT2D eigenvalue weighted by molar-refractivity contribution is 0.315. The molecule has 0 aromatic heterocycles. The number of fused-ring (bicyclic) bond motifs is 1. The summed E-state index contributed by atoms with van der Waals surface area (Å²) in [7, 11) is 0. The molecule has 14 heavy (non-hydrogen) atoms. The van der Waals surface area contributed by atoms with E-state index in [0.717, 1.165) is 24.2 Å². The number of hydrazine groups is 1. The van der Waals surface area contributed by atoms with Gasteiger partial charge in [0.1, 0.15) is 11.6 Å². The van der Waals surface area contributed by atoms with Crippen molar-refractivity contribution in [3.05, 3.63) is 29.6 Å². The highest BCUT2D eigenvalue weighted by molar-refractivity contribution is 5.37. The van der Waals surface area contributed by atoms with Crippen molar-refractivity contribution in [3.63, 3.8) is 0 Å². The van der Waals surface area contributed by atoms with Crippen LogP contribution in [0.1, 0.15) is 24.4 Å². The number of nitrogens with two attached hydrogens (primary N) is 1. The fourth-order valence-electron chi connectivity index (χ4n) is 1.72. The van der Waals surface area contributed by atoms with Gasteiger partial charge in [-0.25, -0.2) is 4.39 Å². The Labute approximate surface area is 82.0 Å². The molecule has 3 N–H and O–H groups in total. The third-order valence-electron chi connectivity index (χ3n) is 2.44. The van der Waals surface area contributed by atoms with Gasteiger partial charge in [-0.05, 0) is 31.0 Å². The van der Waals surface area contributed by atoms with E-state index < -0.39 is 0 Å². The van der Waals surface area contributed by atoms with E-state index in [9.17, 15) is 4.39 Å². The van der Waals surface area contributed by atoms with Crippen LogP contribution in [0.3, 0.4) is 0 Å². The fourth-order valence-corrected chi connectivity index (χ4v) is 1.72. The molecule has 0 bridgehead atoms. The van der Waals surface area contributed by atoms with E-state index >= 15 is 0 Å². The van der Waals surface area contributed by atoms with Crippen LogP contribution in [0.25, 0.3) is 0 Å². The minimum Gasteiger partial charge on any atom is -0.493 e. The van der Waals surface area contributed by atoms with Crippen molar-refractivity contribution in [3.8, 4) is 5.75 Å². The van der Waals surface area contributed by atoms with Crippen molar-refractivity contribution in [2.75, 3.05) is 6.61 Å². The van der Waals surface area contributed by atoms with Crippen LogP contribution in [0.15, 0.2) is 18.2 Å². The molecule has 1 aromatic rings. The van der Waals surface area contributed by atoms with Crippen molar-refractivity contribution in [1.29, 1.82) is 0 Å². The van der Waals surface area contributed by atoms with Gasteiger partial charge in [0.15, 0.2) is 0 Å². The summed E-state index contributed by atoms with van der Waals surface area (Å²) in [4.78, 5) is 0. The second-order valence-corrected chi connectivity index (χ2v) is 3.39. The summed E-state index contributed by atoms with van der Waals surface area (Å²) in [5.41, 5.74) is 3.49. The van der Waals surface area contributed by atoms with Gasteiger partial charge in [0.25, 0.3) is 0 Å². The van der Waals surface area contributed by atoms with Gasteiger partial charge < -0.3 is 4.74 Å². The van der Waals surface area contributed by atoms with Gasteiger partial charge in [-0.1, -0.05) is 0 Å². The molecule has 0 saturated carbocycles. The van der Waals surface area contributed by atoms with Crippen LogP contribution in [0, 0.1) is 5.82 Å². The molecule has 76 valence electrons. The normalized spacial score (nSPS) is 20.9. The first-order chi connectivity index (χ1) is 6.81. The molecule has 0 amide bonds. The van der Waals surface area contributed by atoms with Crippen molar-refractivity contribution in [2.24, 2.45) is 5.84 Å². The van der Waals surface area contributed by atoms with Crippen LogP contribution >= 0.6 is 0 Å². The third-order valence-corrected chi connectivity index (χ3v) is 2.44. The molecule has 1 aliphatic rings. The van der Waals surface area contributed by atoms with E-state index in [0.29, 0.717) is 6.61 Å². The zero-order valence-corrected chi connectivity index (χ0v) is 7.79. The van der Waals surface area contributed by atoms with Crippen LogP contribution in [0.4, 0.5) is 4.39 Å². The lowest BCUT2D eigenvalue weighted by Gasteiger charge is -2.14. The van der Waals surface area contributed by atoms with Gasteiger partial charge in [0, 0.05) is 11.6 Å². The predicted molar refractivity (Wildman–Crippen MR) is 51.2 cm³/mol. The number of halogens is 1. The van der Waals surface area contributed by atoms with Crippen LogP contribution in [-0.2, 0) is 0 Å². The van der Waals surface area contributed by atoms with E-state index in [1.165, 1.54) is 12.1 Å². The van der Waals surface area contributed by atoms with E-state index in [2.05, 4.69) is 5.43 Å². The van der Waals surface area contributed by atoms with E-state index in [1.807, 2.05) is 0 Å². The van der Waals surface area contributed by atoms with Crippen LogP contribution in [0.5, 0.6) is 5.75 Å². The molecule has 4 heteroatoms. The molecule has 1 atom stereocenters. The molecular formula is C10H13FN2O. The Morgan fingerprint density at radius 1 is 1.50 bits per heavy atom. The molecule has 0 saturated heterocycles. The largest absolute Gasteiger partial charge is 0.493 e. The molecular weight excluding hydrogens is 183 g/mol. The highest BCUT2D eigenvalue weighted by atomic mass is 19.1. The first-order valence-electron chi connectivity index (χ1n) is 4.69. The lowest BCUT2D eigenvalue weighted by atomic mass is 10.0. The van der Waals surface area contributed by atoms with Gasteiger partial charge in [-0.3, -0.25) is 11.3 Å². The lowest BCUT2D eigenvalue weighted by Crippen LogP contribution is -2.27. The maximum Gasteiger partial charge on any atom is 0.124 e. The first-order valence-corrected chi connectivity index (χ1v) is 4.69. The summed E-state index contributed by atoms with van der Waals surface area (Å²) in [6.07, 6.45) is 1.79. The fraction of sp³-hybridized carbons (Fsp3) is 0.400. The predicted octanol–water partition coefficient (Wildman–Crippen LogP) is 1.50. The van der Waals surface area contributed by atoms with Crippen LogP contribution < -0.4 is 16.0 Å². The van der Waals surface area contributed by atoms with Crippen molar-refractivity contribution < 1.29 is 9.13 Å². The summed E-state index contributed by atoms with van der Waals surface area (Å²) in [5, 5.41) is 0. The Bertz CT molecular complexity index is 330. The minimum absolute atomic E-state index is 0.0109. The molecule has 2 rings (SSSR count). The smallest absolute Gasteiger partial charge is 0.124 e. The summed E-state index contributed by atoms with van der Waals surface area (Å²) < 4.78 is 18.5. The monoisotopic (exact) mass is 196 g/mol. The third kappa shape index (κ3) is 1.71. The topological polar surface area (TPSA) is 47.3 Å². The maximum absolute atomic E-state index is 13.0. The number of nitrogens with one attached hydrogen (secondary N) is 1. The number of rotatable bonds is 1. The Hall–Kier alpha value is -1.13. The summed E-state index contributed by atoms with van der Waals surface area (Å²) in [6.45, 7) is 0.664. The zero-order valence-electron chi connectivity index (χ0n) is 7.79. The number of ether oxygens (including phenoxy) is 1.